The Bertz CT molecular complexity index is 712. The van der Waals surface area contributed by atoms with Crippen LogP contribution in [0, 0.1) is 0 Å². The Morgan fingerprint density at radius 1 is 0.958 bits per heavy atom. The van der Waals surface area contributed by atoms with Crippen LogP contribution in [0.15, 0.2) is 48.5 Å². The van der Waals surface area contributed by atoms with Gasteiger partial charge in [-0.1, -0.05) is 17.7 Å². The molecule has 0 radical (unpaired) electrons. The molecule has 0 aliphatic heterocycles. The fraction of sp³-hybridized carbons (Fsp3) is 0.222. The summed E-state index contributed by atoms with van der Waals surface area (Å²) in [4.78, 5) is 25.9. The van der Waals surface area contributed by atoms with E-state index in [1.807, 2.05) is 13.8 Å². The number of amides is 3. The summed E-state index contributed by atoms with van der Waals surface area (Å²) in [7, 11) is 0. The summed E-state index contributed by atoms with van der Waals surface area (Å²) in [5.41, 5.74) is 1.80. The first-order chi connectivity index (χ1) is 11.5. The van der Waals surface area contributed by atoms with Crippen molar-refractivity contribution in [2.75, 3.05) is 23.7 Å². The Hall–Kier alpha value is -2.53. The highest BCUT2D eigenvalue weighted by atomic mass is 35.5. The molecule has 0 saturated carbocycles. The molecule has 0 bridgehead atoms. The molecule has 6 heteroatoms. The molecular formula is C18H20ClN3O2. The number of urea groups is 1. The van der Waals surface area contributed by atoms with E-state index < -0.39 is 0 Å². The lowest BCUT2D eigenvalue weighted by Crippen LogP contribution is -2.30. The molecule has 3 amide bonds. The molecule has 0 saturated heterocycles. The standard InChI is InChI=1S/C18H20ClN3O2/c1-3-22(4-2)17(23)13-8-10-15(11-9-13)20-18(24)21-16-7-5-6-14(19)12-16/h5-12H,3-4H2,1-2H3,(H2,20,21,24). The smallest absolute Gasteiger partial charge is 0.323 e. The second kappa shape index (κ2) is 8.36. The highest BCUT2D eigenvalue weighted by molar-refractivity contribution is 6.30. The van der Waals surface area contributed by atoms with Gasteiger partial charge in [-0.05, 0) is 56.3 Å². The van der Waals surface area contributed by atoms with Crippen LogP contribution in [0.2, 0.25) is 5.02 Å². The van der Waals surface area contributed by atoms with E-state index in [9.17, 15) is 9.59 Å². The molecule has 2 aromatic carbocycles. The van der Waals surface area contributed by atoms with E-state index in [0.29, 0.717) is 35.1 Å². The Kier molecular flexibility index (Phi) is 6.21. The van der Waals surface area contributed by atoms with Gasteiger partial charge >= 0.3 is 6.03 Å². The van der Waals surface area contributed by atoms with Crippen molar-refractivity contribution in [2.24, 2.45) is 0 Å². The second-order valence-electron chi connectivity index (χ2n) is 5.14. The summed E-state index contributed by atoms with van der Waals surface area (Å²) in [6, 6.07) is 13.3. The van der Waals surface area contributed by atoms with Crippen molar-refractivity contribution in [2.45, 2.75) is 13.8 Å². The highest BCUT2D eigenvalue weighted by Gasteiger charge is 2.12. The number of carbonyl (C=O) groups is 2. The largest absolute Gasteiger partial charge is 0.339 e. The van der Waals surface area contributed by atoms with Gasteiger partial charge in [-0.15, -0.1) is 0 Å². The van der Waals surface area contributed by atoms with Gasteiger partial charge in [0, 0.05) is 35.1 Å². The van der Waals surface area contributed by atoms with Crippen molar-refractivity contribution in [1.82, 2.24) is 4.90 Å². The molecule has 0 aliphatic carbocycles. The van der Waals surface area contributed by atoms with Gasteiger partial charge in [-0.2, -0.15) is 0 Å². The van der Waals surface area contributed by atoms with E-state index in [4.69, 9.17) is 11.6 Å². The van der Waals surface area contributed by atoms with Gasteiger partial charge in [0.05, 0.1) is 0 Å². The fourth-order valence-corrected chi connectivity index (χ4v) is 2.44. The number of nitrogens with one attached hydrogen (secondary N) is 2. The Morgan fingerprint density at radius 3 is 2.17 bits per heavy atom. The average Bonchev–Trinajstić information content (AvgIpc) is 2.56. The first-order valence-corrected chi connectivity index (χ1v) is 8.14. The third kappa shape index (κ3) is 4.73. The third-order valence-electron chi connectivity index (χ3n) is 3.52. The monoisotopic (exact) mass is 345 g/mol. The number of nitrogens with zero attached hydrogens (tertiary/aromatic N) is 1. The predicted octanol–water partition coefficient (Wildman–Crippen LogP) is 4.47. The zero-order chi connectivity index (χ0) is 17.5. The number of hydrogen-bond donors (Lipinski definition) is 2. The number of anilines is 2. The number of halogens is 1. The number of rotatable bonds is 5. The molecule has 2 N–H and O–H groups in total. The molecule has 0 heterocycles. The van der Waals surface area contributed by atoms with Crippen LogP contribution in [0.4, 0.5) is 16.2 Å². The molecule has 24 heavy (non-hydrogen) atoms. The van der Waals surface area contributed by atoms with Crippen molar-refractivity contribution in [1.29, 1.82) is 0 Å². The first-order valence-electron chi connectivity index (χ1n) is 7.76. The summed E-state index contributed by atoms with van der Waals surface area (Å²) >= 11 is 5.88. The van der Waals surface area contributed by atoms with Crippen molar-refractivity contribution in [3.63, 3.8) is 0 Å². The van der Waals surface area contributed by atoms with Crippen LogP contribution in [0.25, 0.3) is 0 Å². The Morgan fingerprint density at radius 2 is 1.58 bits per heavy atom. The minimum absolute atomic E-state index is 0.0186. The summed E-state index contributed by atoms with van der Waals surface area (Å²) in [6.07, 6.45) is 0. The predicted molar refractivity (Wildman–Crippen MR) is 97.8 cm³/mol. The van der Waals surface area contributed by atoms with E-state index >= 15 is 0 Å². The van der Waals surface area contributed by atoms with E-state index in [1.165, 1.54) is 0 Å². The van der Waals surface area contributed by atoms with Crippen LogP contribution >= 0.6 is 11.6 Å². The summed E-state index contributed by atoms with van der Waals surface area (Å²) in [5.74, 6) is -0.0186. The van der Waals surface area contributed by atoms with Crippen LogP contribution in [-0.2, 0) is 0 Å². The molecular weight excluding hydrogens is 326 g/mol. The summed E-state index contributed by atoms with van der Waals surface area (Å²) in [6.45, 7) is 5.21. The zero-order valence-corrected chi connectivity index (χ0v) is 14.4. The van der Waals surface area contributed by atoms with Crippen molar-refractivity contribution >= 4 is 34.9 Å². The molecule has 126 valence electrons. The summed E-state index contributed by atoms with van der Waals surface area (Å²) < 4.78 is 0. The normalized spacial score (nSPS) is 10.1. The van der Waals surface area contributed by atoms with Gasteiger partial charge in [-0.25, -0.2) is 4.79 Å². The van der Waals surface area contributed by atoms with Gasteiger partial charge < -0.3 is 15.5 Å². The van der Waals surface area contributed by atoms with Gasteiger partial charge in [0.2, 0.25) is 0 Å². The maximum atomic E-state index is 12.2. The van der Waals surface area contributed by atoms with Crippen molar-refractivity contribution in [3.05, 3.63) is 59.1 Å². The highest BCUT2D eigenvalue weighted by Crippen LogP contribution is 2.16. The molecule has 0 atom stereocenters. The Balaban J connectivity index is 1.98. The van der Waals surface area contributed by atoms with Crippen molar-refractivity contribution in [3.8, 4) is 0 Å². The van der Waals surface area contributed by atoms with Gasteiger partial charge in [0.25, 0.3) is 5.91 Å². The van der Waals surface area contributed by atoms with Crippen LogP contribution in [-0.4, -0.2) is 29.9 Å². The zero-order valence-electron chi connectivity index (χ0n) is 13.7. The molecule has 0 spiro atoms. The number of benzene rings is 2. The molecule has 2 aromatic rings. The van der Waals surface area contributed by atoms with E-state index in [-0.39, 0.29) is 11.9 Å². The minimum atomic E-state index is -0.375. The minimum Gasteiger partial charge on any atom is -0.339 e. The third-order valence-corrected chi connectivity index (χ3v) is 3.76. The lowest BCUT2D eigenvalue weighted by molar-refractivity contribution is 0.0773. The molecule has 2 rings (SSSR count). The van der Waals surface area contributed by atoms with Crippen LogP contribution in [0.3, 0.4) is 0 Å². The van der Waals surface area contributed by atoms with E-state index in [0.717, 1.165) is 0 Å². The van der Waals surface area contributed by atoms with Crippen molar-refractivity contribution < 1.29 is 9.59 Å². The topological polar surface area (TPSA) is 61.4 Å². The Labute approximate surface area is 146 Å². The molecule has 0 aliphatic rings. The van der Waals surface area contributed by atoms with Gasteiger partial charge in [0.15, 0.2) is 0 Å². The van der Waals surface area contributed by atoms with Crippen LogP contribution in [0.1, 0.15) is 24.2 Å². The average molecular weight is 346 g/mol. The molecule has 0 unspecified atom stereocenters. The first kappa shape index (κ1) is 17.8. The van der Waals surface area contributed by atoms with Gasteiger partial charge in [-0.3, -0.25) is 4.79 Å². The molecule has 0 fully saturated rings. The second-order valence-corrected chi connectivity index (χ2v) is 5.58. The SMILES string of the molecule is CCN(CC)C(=O)c1ccc(NC(=O)Nc2cccc(Cl)c2)cc1. The van der Waals surface area contributed by atoms with Crippen LogP contribution < -0.4 is 10.6 Å². The molecule has 0 aromatic heterocycles. The van der Waals surface area contributed by atoms with Gasteiger partial charge in [0.1, 0.15) is 0 Å². The maximum Gasteiger partial charge on any atom is 0.323 e. The lowest BCUT2D eigenvalue weighted by atomic mass is 10.2. The van der Waals surface area contributed by atoms with E-state index in [2.05, 4.69) is 10.6 Å². The quantitative estimate of drug-likeness (QED) is 0.840. The number of carbonyl (C=O) groups excluding carboxylic acids is 2. The maximum absolute atomic E-state index is 12.2. The molecule has 5 nitrogen and oxygen atoms in total. The van der Waals surface area contributed by atoms with Crippen LogP contribution in [0.5, 0.6) is 0 Å². The van der Waals surface area contributed by atoms with E-state index in [1.54, 1.807) is 53.4 Å². The number of hydrogen-bond acceptors (Lipinski definition) is 2. The lowest BCUT2D eigenvalue weighted by Gasteiger charge is -2.18. The fourth-order valence-electron chi connectivity index (χ4n) is 2.25. The summed E-state index contributed by atoms with van der Waals surface area (Å²) in [5, 5.41) is 5.96.